The van der Waals surface area contributed by atoms with Gasteiger partial charge in [-0.05, 0) is 31.1 Å². The average molecular weight is 203 g/mol. The fraction of sp³-hybridized carbons (Fsp3) is 0.500. The Morgan fingerprint density at radius 3 is 2.80 bits per heavy atom. The van der Waals surface area contributed by atoms with Crippen LogP contribution in [0, 0.1) is 11.3 Å². The molecule has 1 aromatic heterocycles. The molecule has 0 bridgehead atoms. The minimum atomic E-state index is 0.639. The Labute approximate surface area is 91.4 Å². The van der Waals surface area contributed by atoms with E-state index in [2.05, 4.69) is 29.8 Å². The SMILES string of the molecule is CCCN(CC)Cc1cncc(C#N)c1. The molecule has 0 aliphatic carbocycles. The number of hydrogen-bond acceptors (Lipinski definition) is 3. The van der Waals surface area contributed by atoms with Gasteiger partial charge in [0.05, 0.1) is 5.56 Å². The molecule has 80 valence electrons. The van der Waals surface area contributed by atoms with Gasteiger partial charge in [-0.2, -0.15) is 5.26 Å². The van der Waals surface area contributed by atoms with Gasteiger partial charge >= 0.3 is 0 Å². The second kappa shape index (κ2) is 6.15. The van der Waals surface area contributed by atoms with Crippen LogP contribution in [0.5, 0.6) is 0 Å². The molecule has 0 unspecified atom stereocenters. The van der Waals surface area contributed by atoms with E-state index >= 15 is 0 Å². The molecule has 15 heavy (non-hydrogen) atoms. The Kier molecular flexibility index (Phi) is 4.79. The first-order valence-corrected chi connectivity index (χ1v) is 5.36. The highest BCUT2D eigenvalue weighted by Gasteiger charge is 2.03. The van der Waals surface area contributed by atoms with Gasteiger partial charge in [0, 0.05) is 18.9 Å². The second-order valence-electron chi connectivity index (χ2n) is 3.56. The maximum absolute atomic E-state index is 8.75. The lowest BCUT2D eigenvalue weighted by atomic mass is 10.2. The van der Waals surface area contributed by atoms with Gasteiger partial charge < -0.3 is 0 Å². The average Bonchev–Trinajstić information content (AvgIpc) is 2.29. The monoisotopic (exact) mass is 203 g/mol. The molecule has 3 heteroatoms. The maximum atomic E-state index is 8.75. The molecule has 0 fully saturated rings. The van der Waals surface area contributed by atoms with Gasteiger partial charge in [0.2, 0.25) is 0 Å². The van der Waals surface area contributed by atoms with Crippen molar-refractivity contribution in [2.45, 2.75) is 26.8 Å². The summed E-state index contributed by atoms with van der Waals surface area (Å²) in [6.45, 7) is 7.33. The van der Waals surface area contributed by atoms with E-state index in [1.807, 2.05) is 12.3 Å². The predicted octanol–water partition coefficient (Wildman–Crippen LogP) is 2.19. The van der Waals surface area contributed by atoms with Gasteiger partial charge in [-0.3, -0.25) is 9.88 Å². The summed E-state index contributed by atoms with van der Waals surface area (Å²) in [6.07, 6.45) is 4.58. The van der Waals surface area contributed by atoms with E-state index in [0.29, 0.717) is 5.56 Å². The van der Waals surface area contributed by atoms with E-state index in [4.69, 9.17) is 5.26 Å². The Balaban J connectivity index is 2.66. The van der Waals surface area contributed by atoms with Crippen LogP contribution in [0.2, 0.25) is 0 Å². The summed E-state index contributed by atoms with van der Waals surface area (Å²) in [5.41, 5.74) is 1.75. The molecule has 1 aromatic rings. The normalized spacial score (nSPS) is 10.3. The lowest BCUT2D eigenvalue weighted by molar-refractivity contribution is 0.280. The highest BCUT2D eigenvalue weighted by molar-refractivity contribution is 5.28. The van der Waals surface area contributed by atoms with Crippen LogP contribution in [-0.4, -0.2) is 23.0 Å². The van der Waals surface area contributed by atoms with Gasteiger partial charge in [-0.1, -0.05) is 13.8 Å². The van der Waals surface area contributed by atoms with Crippen molar-refractivity contribution in [3.63, 3.8) is 0 Å². The van der Waals surface area contributed by atoms with Crippen molar-refractivity contribution in [2.24, 2.45) is 0 Å². The van der Waals surface area contributed by atoms with Gasteiger partial charge in [0.15, 0.2) is 0 Å². The van der Waals surface area contributed by atoms with Crippen molar-refractivity contribution in [1.82, 2.24) is 9.88 Å². The smallest absolute Gasteiger partial charge is 0.101 e. The third-order valence-electron chi connectivity index (χ3n) is 2.32. The summed E-state index contributed by atoms with van der Waals surface area (Å²) in [4.78, 5) is 6.40. The Morgan fingerprint density at radius 1 is 1.40 bits per heavy atom. The van der Waals surface area contributed by atoms with Crippen LogP contribution in [0.4, 0.5) is 0 Å². The topological polar surface area (TPSA) is 39.9 Å². The molecule has 0 aliphatic heterocycles. The van der Waals surface area contributed by atoms with Crippen molar-refractivity contribution in [3.8, 4) is 6.07 Å². The van der Waals surface area contributed by atoms with E-state index in [-0.39, 0.29) is 0 Å². The number of rotatable bonds is 5. The highest BCUT2D eigenvalue weighted by atomic mass is 15.1. The summed E-state index contributed by atoms with van der Waals surface area (Å²) in [5, 5.41) is 8.75. The van der Waals surface area contributed by atoms with Crippen LogP contribution in [0.3, 0.4) is 0 Å². The lowest BCUT2D eigenvalue weighted by Gasteiger charge is -2.19. The number of hydrogen-bond donors (Lipinski definition) is 0. The summed E-state index contributed by atoms with van der Waals surface area (Å²) >= 11 is 0. The zero-order chi connectivity index (χ0) is 11.1. The third-order valence-corrected chi connectivity index (χ3v) is 2.32. The minimum absolute atomic E-state index is 0.639. The van der Waals surface area contributed by atoms with Crippen molar-refractivity contribution >= 4 is 0 Å². The molecular formula is C12H17N3. The van der Waals surface area contributed by atoms with Crippen molar-refractivity contribution in [1.29, 1.82) is 5.26 Å². The van der Waals surface area contributed by atoms with Crippen LogP contribution >= 0.6 is 0 Å². The molecule has 0 N–H and O–H groups in total. The van der Waals surface area contributed by atoms with Crippen LogP contribution in [0.15, 0.2) is 18.5 Å². The van der Waals surface area contributed by atoms with Crippen LogP contribution in [0.25, 0.3) is 0 Å². The molecule has 0 saturated heterocycles. The van der Waals surface area contributed by atoms with E-state index in [1.165, 1.54) is 0 Å². The standard InChI is InChI=1S/C12H17N3/c1-3-5-15(4-2)10-12-6-11(7-13)8-14-9-12/h6,8-9H,3-5,10H2,1-2H3. The molecule has 0 spiro atoms. The van der Waals surface area contributed by atoms with Crippen molar-refractivity contribution in [2.75, 3.05) is 13.1 Å². The fourth-order valence-electron chi connectivity index (χ4n) is 1.56. The van der Waals surface area contributed by atoms with E-state index in [9.17, 15) is 0 Å². The van der Waals surface area contributed by atoms with E-state index in [0.717, 1.165) is 31.6 Å². The zero-order valence-corrected chi connectivity index (χ0v) is 9.40. The molecule has 1 rings (SSSR count). The predicted molar refractivity (Wildman–Crippen MR) is 60.2 cm³/mol. The molecule has 0 aromatic carbocycles. The zero-order valence-electron chi connectivity index (χ0n) is 9.40. The molecule has 0 aliphatic rings. The van der Waals surface area contributed by atoms with Crippen molar-refractivity contribution < 1.29 is 0 Å². The van der Waals surface area contributed by atoms with Crippen LogP contribution < -0.4 is 0 Å². The molecule has 0 radical (unpaired) electrons. The fourth-order valence-corrected chi connectivity index (χ4v) is 1.56. The van der Waals surface area contributed by atoms with Gasteiger partial charge in [0.1, 0.15) is 6.07 Å². The highest BCUT2D eigenvalue weighted by Crippen LogP contribution is 2.06. The summed E-state index contributed by atoms with van der Waals surface area (Å²) in [6, 6.07) is 4.02. The van der Waals surface area contributed by atoms with Gasteiger partial charge in [-0.15, -0.1) is 0 Å². The van der Waals surface area contributed by atoms with E-state index < -0.39 is 0 Å². The summed E-state index contributed by atoms with van der Waals surface area (Å²) in [5.74, 6) is 0. The maximum Gasteiger partial charge on any atom is 0.101 e. The number of pyridine rings is 1. The van der Waals surface area contributed by atoms with Crippen LogP contribution in [0.1, 0.15) is 31.4 Å². The number of nitriles is 1. The molecule has 0 amide bonds. The molecule has 0 atom stereocenters. The first-order valence-electron chi connectivity index (χ1n) is 5.36. The molecular weight excluding hydrogens is 186 g/mol. The Bertz CT molecular complexity index is 341. The summed E-state index contributed by atoms with van der Waals surface area (Å²) < 4.78 is 0. The Hall–Kier alpha value is -1.40. The largest absolute Gasteiger partial charge is 0.299 e. The molecule has 0 saturated carbocycles. The first kappa shape index (κ1) is 11.7. The lowest BCUT2D eigenvalue weighted by Crippen LogP contribution is -2.23. The third kappa shape index (κ3) is 3.69. The van der Waals surface area contributed by atoms with Gasteiger partial charge in [0.25, 0.3) is 0 Å². The van der Waals surface area contributed by atoms with Gasteiger partial charge in [-0.25, -0.2) is 0 Å². The van der Waals surface area contributed by atoms with Crippen LogP contribution in [-0.2, 0) is 6.54 Å². The molecule has 1 heterocycles. The first-order chi connectivity index (χ1) is 7.30. The molecule has 3 nitrogen and oxygen atoms in total. The van der Waals surface area contributed by atoms with Crippen molar-refractivity contribution in [3.05, 3.63) is 29.6 Å². The number of nitrogens with zero attached hydrogens (tertiary/aromatic N) is 3. The minimum Gasteiger partial charge on any atom is -0.299 e. The van der Waals surface area contributed by atoms with E-state index in [1.54, 1.807) is 6.20 Å². The second-order valence-corrected chi connectivity index (χ2v) is 3.56. The number of aromatic nitrogens is 1. The summed E-state index contributed by atoms with van der Waals surface area (Å²) in [7, 11) is 0. The Morgan fingerprint density at radius 2 is 2.20 bits per heavy atom. The quantitative estimate of drug-likeness (QED) is 0.736.